The lowest BCUT2D eigenvalue weighted by Gasteiger charge is -2.37. The van der Waals surface area contributed by atoms with Crippen LogP contribution in [0, 0.1) is 5.92 Å². The molecule has 1 aliphatic carbocycles. The number of rotatable bonds is 4. The zero-order valence-corrected chi connectivity index (χ0v) is 13.2. The molecular formula is C16H28N2O3. The summed E-state index contributed by atoms with van der Waals surface area (Å²) < 4.78 is 0. The van der Waals surface area contributed by atoms with E-state index < -0.39 is 11.5 Å². The molecule has 0 spiro atoms. The van der Waals surface area contributed by atoms with Gasteiger partial charge in [-0.05, 0) is 38.0 Å². The average molecular weight is 296 g/mol. The minimum absolute atomic E-state index is 0.179. The van der Waals surface area contributed by atoms with E-state index in [1.54, 1.807) is 4.90 Å². The highest BCUT2D eigenvalue weighted by Crippen LogP contribution is 2.34. The Labute approximate surface area is 127 Å². The molecule has 2 N–H and O–H groups in total. The summed E-state index contributed by atoms with van der Waals surface area (Å²) in [6, 6.07) is 0.0158. The molecule has 0 aromatic rings. The monoisotopic (exact) mass is 296 g/mol. The number of hydrogen-bond acceptors (Lipinski definition) is 2. The number of carbonyl (C=O) groups is 2. The number of likely N-dealkylation sites (tertiary alicyclic amines) is 1. The number of aliphatic carboxylic acids is 1. The van der Waals surface area contributed by atoms with Gasteiger partial charge >= 0.3 is 12.0 Å². The van der Waals surface area contributed by atoms with Crippen molar-refractivity contribution in [2.45, 2.75) is 76.8 Å². The fraction of sp³-hybridized carbons (Fsp3) is 0.875. The first-order chi connectivity index (χ1) is 10.0. The molecule has 1 saturated carbocycles. The summed E-state index contributed by atoms with van der Waals surface area (Å²) in [6.07, 6.45) is 7.19. The highest BCUT2D eigenvalue weighted by atomic mass is 16.4. The van der Waals surface area contributed by atoms with Gasteiger partial charge in [-0.1, -0.05) is 33.1 Å². The highest BCUT2D eigenvalue weighted by molar-refractivity contribution is 5.87. The van der Waals surface area contributed by atoms with E-state index in [2.05, 4.69) is 12.2 Å². The van der Waals surface area contributed by atoms with Crippen LogP contribution in [0.5, 0.6) is 0 Å². The number of carbonyl (C=O) groups excluding carboxylic acids is 1. The zero-order chi connectivity index (χ0) is 15.5. The zero-order valence-electron chi connectivity index (χ0n) is 13.2. The third-order valence-electron chi connectivity index (χ3n) is 5.22. The van der Waals surface area contributed by atoms with Gasteiger partial charge < -0.3 is 15.3 Å². The summed E-state index contributed by atoms with van der Waals surface area (Å²) >= 11 is 0. The molecule has 0 aromatic heterocycles. The van der Waals surface area contributed by atoms with Crippen LogP contribution in [0.4, 0.5) is 4.79 Å². The van der Waals surface area contributed by atoms with E-state index in [9.17, 15) is 14.7 Å². The van der Waals surface area contributed by atoms with E-state index in [4.69, 9.17) is 0 Å². The van der Waals surface area contributed by atoms with Crippen LogP contribution in [0.25, 0.3) is 0 Å². The molecule has 1 saturated heterocycles. The SMILES string of the molecule is CCCC1(C(=O)O)CCCN1C(=O)NC1CCCCC1C. The van der Waals surface area contributed by atoms with E-state index >= 15 is 0 Å². The molecule has 2 amide bonds. The van der Waals surface area contributed by atoms with E-state index in [-0.39, 0.29) is 12.1 Å². The average Bonchev–Trinajstić information content (AvgIpc) is 2.87. The lowest BCUT2D eigenvalue weighted by molar-refractivity contribution is -0.148. The first-order valence-electron chi connectivity index (χ1n) is 8.33. The second kappa shape index (κ2) is 6.67. The molecule has 0 radical (unpaired) electrons. The first-order valence-corrected chi connectivity index (χ1v) is 8.33. The number of nitrogens with zero attached hydrogens (tertiary/aromatic N) is 1. The van der Waals surface area contributed by atoms with Crippen molar-refractivity contribution >= 4 is 12.0 Å². The van der Waals surface area contributed by atoms with Crippen molar-refractivity contribution in [1.82, 2.24) is 10.2 Å². The van der Waals surface area contributed by atoms with E-state index in [1.807, 2.05) is 6.92 Å². The van der Waals surface area contributed by atoms with Crippen LogP contribution < -0.4 is 5.32 Å². The summed E-state index contributed by atoms with van der Waals surface area (Å²) in [6.45, 7) is 4.70. The van der Waals surface area contributed by atoms with Gasteiger partial charge in [-0.2, -0.15) is 0 Å². The van der Waals surface area contributed by atoms with Gasteiger partial charge in [0.05, 0.1) is 0 Å². The van der Waals surface area contributed by atoms with Gasteiger partial charge in [0.1, 0.15) is 5.54 Å². The lowest BCUT2D eigenvalue weighted by Crippen LogP contribution is -2.58. The van der Waals surface area contributed by atoms with Crippen molar-refractivity contribution in [3.63, 3.8) is 0 Å². The maximum absolute atomic E-state index is 12.6. The lowest BCUT2D eigenvalue weighted by atomic mass is 9.86. The third kappa shape index (κ3) is 3.16. The van der Waals surface area contributed by atoms with Gasteiger partial charge in [-0.25, -0.2) is 9.59 Å². The van der Waals surface area contributed by atoms with Crippen molar-refractivity contribution in [2.24, 2.45) is 5.92 Å². The molecule has 5 nitrogen and oxygen atoms in total. The van der Waals surface area contributed by atoms with E-state index in [0.717, 1.165) is 32.1 Å². The van der Waals surface area contributed by atoms with Gasteiger partial charge in [0.15, 0.2) is 0 Å². The fourth-order valence-corrected chi connectivity index (χ4v) is 3.94. The quantitative estimate of drug-likeness (QED) is 0.838. The molecular weight excluding hydrogens is 268 g/mol. The predicted molar refractivity (Wildman–Crippen MR) is 81.2 cm³/mol. The molecule has 3 atom stereocenters. The number of nitrogens with one attached hydrogen (secondary N) is 1. The van der Waals surface area contributed by atoms with E-state index in [1.165, 1.54) is 6.42 Å². The van der Waals surface area contributed by atoms with Gasteiger partial charge in [0, 0.05) is 12.6 Å². The Balaban J connectivity index is 2.07. The number of amides is 2. The molecule has 21 heavy (non-hydrogen) atoms. The molecule has 1 heterocycles. The molecule has 1 aliphatic heterocycles. The highest BCUT2D eigenvalue weighted by Gasteiger charge is 2.49. The standard InChI is InChI=1S/C16H28N2O3/c1-3-9-16(14(19)20)10-6-11-18(16)15(21)17-13-8-5-4-7-12(13)2/h12-13H,3-11H2,1-2H3,(H,17,21)(H,19,20). The Morgan fingerprint density at radius 2 is 2.00 bits per heavy atom. The molecule has 0 aromatic carbocycles. The summed E-state index contributed by atoms with van der Waals surface area (Å²) in [7, 11) is 0. The van der Waals surface area contributed by atoms with Crippen LogP contribution in [-0.2, 0) is 4.79 Å². The molecule has 2 fully saturated rings. The summed E-state index contributed by atoms with van der Waals surface area (Å²) in [4.78, 5) is 26.0. The van der Waals surface area contributed by atoms with Gasteiger partial charge in [-0.15, -0.1) is 0 Å². The molecule has 2 aliphatic rings. The molecule has 2 rings (SSSR count). The Hall–Kier alpha value is -1.26. The van der Waals surface area contributed by atoms with Crippen molar-refractivity contribution in [3.8, 4) is 0 Å². The smallest absolute Gasteiger partial charge is 0.329 e. The molecule has 5 heteroatoms. The minimum atomic E-state index is -0.989. The number of urea groups is 1. The fourth-order valence-electron chi connectivity index (χ4n) is 3.94. The van der Waals surface area contributed by atoms with Crippen LogP contribution in [0.3, 0.4) is 0 Å². The Kier molecular flexibility index (Phi) is 5.12. The van der Waals surface area contributed by atoms with Crippen LogP contribution in [0.2, 0.25) is 0 Å². The normalized spacial score (nSPS) is 33.0. The maximum atomic E-state index is 12.6. The van der Waals surface area contributed by atoms with Crippen LogP contribution in [0.15, 0.2) is 0 Å². The Morgan fingerprint density at radius 1 is 1.29 bits per heavy atom. The van der Waals surface area contributed by atoms with Crippen molar-refractivity contribution in [2.75, 3.05) is 6.54 Å². The molecule has 3 unspecified atom stereocenters. The second-order valence-corrected chi connectivity index (χ2v) is 6.66. The second-order valence-electron chi connectivity index (χ2n) is 6.66. The van der Waals surface area contributed by atoms with Gasteiger partial charge in [-0.3, -0.25) is 0 Å². The third-order valence-corrected chi connectivity index (χ3v) is 5.22. The molecule has 0 bridgehead atoms. The number of carboxylic acid groups (broad SMARTS) is 1. The molecule has 120 valence electrons. The summed E-state index contributed by atoms with van der Waals surface area (Å²) in [5, 5.41) is 12.8. The topological polar surface area (TPSA) is 69.6 Å². The van der Waals surface area contributed by atoms with Gasteiger partial charge in [0.2, 0.25) is 0 Å². The van der Waals surface area contributed by atoms with Gasteiger partial charge in [0.25, 0.3) is 0 Å². The first kappa shape index (κ1) is 16.1. The van der Waals surface area contributed by atoms with Crippen molar-refractivity contribution in [1.29, 1.82) is 0 Å². The van der Waals surface area contributed by atoms with Crippen LogP contribution in [0.1, 0.15) is 65.2 Å². The Morgan fingerprint density at radius 3 is 2.62 bits per heavy atom. The van der Waals surface area contributed by atoms with Crippen molar-refractivity contribution < 1.29 is 14.7 Å². The number of hydrogen-bond donors (Lipinski definition) is 2. The van der Waals surface area contributed by atoms with Crippen molar-refractivity contribution in [3.05, 3.63) is 0 Å². The predicted octanol–water partition coefficient (Wildman–Crippen LogP) is 2.99. The summed E-state index contributed by atoms with van der Waals surface area (Å²) in [5.74, 6) is -0.371. The Bertz CT molecular complexity index is 399. The van der Waals surface area contributed by atoms with Crippen LogP contribution >= 0.6 is 0 Å². The maximum Gasteiger partial charge on any atom is 0.329 e. The summed E-state index contributed by atoms with van der Waals surface area (Å²) in [5.41, 5.74) is -0.989. The largest absolute Gasteiger partial charge is 0.479 e. The van der Waals surface area contributed by atoms with Crippen LogP contribution in [-0.4, -0.2) is 40.1 Å². The minimum Gasteiger partial charge on any atom is -0.479 e. The van der Waals surface area contributed by atoms with E-state index in [0.29, 0.717) is 25.3 Å². The number of carboxylic acids is 1.